The van der Waals surface area contributed by atoms with E-state index in [2.05, 4.69) is 10.3 Å². The van der Waals surface area contributed by atoms with E-state index in [1.54, 1.807) is 6.20 Å². The van der Waals surface area contributed by atoms with Crippen molar-refractivity contribution in [2.75, 3.05) is 18.5 Å². The molecule has 0 bridgehead atoms. The molecule has 0 spiro atoms. The lowest BCUT2D eigenvalue weighted by Gasteiger charge is -2.20. The second kappa shape index (κ2) is 9.53. The van der Waals surface area contributed by atoms with Crippen LogP contribution in [0.25, 0.3) is 27.5 Å². The summed E-state index contributed by atoms with van der Waals surface area (Å²) in [4.78, 5) is 22.9. The lowest BCUT2D eigenvalue weighted by molar-refractivity contribution is -0.117. The van der Waals surface area contributed by atoms with Crippen LogP contribution in [0, 0.1) is 5.92 Å². The summed E-state index contributed by atoms with van der Waals surface area (Å²) in [7, 11) is 0. The number of halogens is 1. The number of nitrogens with one attached hydrogen (secondary N) is 1. The Morgan fingerprint density at radius 1 is 1.17 bits per heavy atom. The van der Waals surface area contributed by atoms with Gasteiger partial charge in [-0.2, -0.15) is 5.10 Å². The molecular weight excluding hydrogens is 482 g/mol. The Bertz CT molecular complexity index is 1380. The third kappa shape index (κ3) is 4.37. The van der Waals surface area contributed by atoms with Crippen molar-refractivity contribution >= 4 is 34.0 Å². The predicted molar refractivity (Wildman–Crippen MR) is 137 cm³/mol. The van der Waals surface area contributed by atoms with Crippen LogP contribution in [0.3, 0.4) is 0 Å². The number of nitrogens with zero attached hydrogens (tertiary/aromatic N) is 4. The summed E-state index contributed by atoms with van der Waals surface area (Å²) >= 11 is 8.10. The number of carbonyl (C=O) groups is 1. The summed E-state index contributed by atoms with van der Waals surface area (Å²) in [6.45, 7) is 1.47. The van der Waals surface area contributed by atoms with Gasteiger partial charge in [0.15, 0.2) is 5.13 Å². The normalized spacial score (nSPS) is 15.5. The van der Waals surface area contributed by atoms with Crippen LogP contribution in [-0.2, 0) is 22.4 Å². The third-order valence-electron chi connectivity index (χ3n) is 6.58. The average molecular weight is 506 g/mol. The number of para-hydroxylation sites is 1. The number of fused-ring (bicyclic) bond motifs is 3. The number of pyridine rings is 1. The number of anilines is 1. The number of ether oxygens (including phenoxy) is 1. The zero-order valence-electron chi connectivity index (χ0n) is 19.0. The van der Waals surface area contributed by atoms with Crippen LogP contribution in [0.5, 0.6) is 0 Å². The van der Waals surface area contributed by atoms with Gasteiger partial charge in [0.1, 0.15) is 0 Å². The molecule has 3 aromatic heterocycles. The van der Waals surface area contributed by atoms with E-state index in [0.717, 1.165) is 77.7 Å². The molecule has 6 rings (SSSR count). The maximum atomic E-state index is 12.7. The van der Waals surface area contributed by atoms with Crippen LogP contribution in [0.1, 0.15) is 30.5 Å². The molecule has 0 radical (unpaired) electrons. The second-order valence-electron chi connectivity index (χ2n) is 8.88. The van der Waals surface area contributed by atoms with Crippen molar-refractivity contribution in [3.8, 4) is 27.5 Å². The highest BCUT2D eigenvalue weighted by molar-refractivity contribution is 7.19. The van der Waals surface area contributed by atoms with Crippen LogP contribution in [0.15, 0.2) is 48.8 Å². The van der Waals surface area contributed by atoms with E-state index in [1.807, 2.05) is 47.3 Å². The van der Waals surface area contributed by atoms with E-state index in [9.17, 15) is 4.79 Å². The van der Waals surface area contributed by atoms with Gasteiger partial charge in [0.25, 0.3) is 0 Å². The minimum absolute atomic E-state index is 0.0129. The summed E-state index contributed by atoms with van der Waals surface area (Å²) in [5.41, 5.74) is 5.79. The number of hydrogen-bond donors (Lipinski definition) is 1. The highest BCUT2D eigenvalue weighted by Gasteiger charge is 2.30. The van der Waals surface area contributed by atoms with E-state index >= 15 is 0 Å². The van der Waals surface area contributed by atoms with Gasteiger partial charge < -0.3 is 10.1 Å². The molecule has 1 N–H and O–H groups in total. The van der Waals surface area contributed by atoms with E-state index in [-0.39, 0.29) is 5.91 Å². The summed E-state index contributed by atoms with van der Waals surface area (Å²) in [5, 5.41) is 9.32. The average Bonchev–Trinajstić information content (AvgIpc) is 3.46. The van der Waals surface area contributed by atoms with Crippen molar-refractivity contribution in [3.05, 3.63) is 65.1 Å². The summed E-state index contributed by atoms with van der Waals surface area (Å²) in [5.74, 6) is 0.382. The SMILES string of the molecule is O=C(CC1CCOCC1)Nc1nc2c(s1)-c1c(c(-c3cccnc3)nn1-c1ccccc1Cl)CC2. The quantitative estimate of drug-likeness (QED) is 0.383. The molecular formula is C26H24ClN5O2S. The van der Waals surface area contributed by atoms with Crippen LogP contribution >= 0.6 is 22.9 Å². The van der Waals surface area contributed by atoms with Crippen LogP contribution in [0.4, 0.5) is 5.13 Å². The number of thiazole rings is 1. The topological polar surface area (TPSA) is 81.9 Å². The number of carbonyl (C=O) groups excluding carboxylic acids is 1. The Morgan fingerprint density at radius 2 is 2.03 bits per heavy atom. The van der Waals surface area contributed by atoms with Crippen molar-refractivity contribution in [2.45, 2.75) is 32.1 Å². The molecule has 1 saturated heterocycles. The van der Waals surface area contributed by atoms with Gasteiger partial charge in [0.05, 0.1) is 32.7 Å². The monoisotopic (exact) mass is 505 g/mol. The fraction of sp³-hybridized carbons (Fsp3) is 0.308. The standard InChI is InChI=1S/C26H24ClN5O2S/c27-19-5-1-2-6-21(19)32-24-18(23(31-32)17-4-3-11-28-15-17)7-8-20-25(24)35-26(29-20)30-22(33)14-16-9-12-34-13-10-16/h1-6,11,15-16H,7-10,12-14H2,(H,29,30,33). The first kappa shape index (κ1) is 22.4. The Morgan fingerprint density at radius 3 is 2.83 bits per heavy atom. The molecule has 7 nitrogen and oxygen atoms in total. The number of aryl methyl sites for hydroxylation is 1. The molecule has 9 heteroatoms. The highest BCUT2D eigenvalue weighted by atomic mass is 35.5. The Kier molecular flexibility index (Phi) is 6.10. The molecule has 4 aromatic rings. The molecule has 35 heavy (non-hydrogen) atoms. The maximum absolute atomic E-state index is 12.7. The Hall–Kier alpha value is -3.07. The first-order valence-electron chi connectivity index (χ1n) is 11.8. The minimum atomic E-state index is 0.0129. The summed E-state index contributed by atoms with van der Waals surface area (Å²) in [6.07, 6.45) is 7.55. The number of amides is 1. The molecule has 178 valence electrons. The third-order valence-corrected chi connectivity index (χ3v) is 7.92. The molecule has 0 atom stereocenters. The zero-order chi connectivity index (χ0) is 23.8. The fourth-order valence-corrected chi connectivity index (χ4v) is 6.14. The Balaban J connectivity index is 1.39. The molecule has 1 aliphatic heterocycles. The van der Waals surface area contributed by atoms with Gasteiger partial charge >= 0.3 is 0 Å². The summed E-state index contributed by atoms with van der Waals surface area (Å²) in [6, 6.07) is 11.6. The maximum Gasteiger partial charge on any atom is 0.226 e. The van der Waals surface area contributed by atoms with E-state index < -0.39 is 0 Å². The van der Waals surface area contributed by atoms with Gasteiger partial charge in [0, 0.05) is 43.2 Å². The first-order chi connectivity index (χ1) is 17.2. The van der Waals surface area contributed by atoms with Crippen molar-refractivity contribution in [1.29, 1.82) is 0 Å². The molecule has 1 aliphatic carbocycles. The molecule has 0 saturated carbocycles. The first-order valence-corrected chi connectivity index (χ1v) is 13.0. The van der Waals surface area contributed by atoms with Gasteiger partial charge in [0.2, 0.25) is 5.91 Å². The minimum Gasteiger partial charge on any atom is -0.381 e. The fourth-order valence-electron chi connectivity index (χ4n) is 4.84. The predicted octanol–water partition coefficient (Wildman–Crippen LogP) is 5.57. The van der Waals surface area contributed by atoms with Crippen LogP contribution < -0.4 is 5.32 Å². The highest BCUT2D eigenvalue weighted by Crippen LogP contribution is 2.44. The lowest BCUT2D eigenvalue weighted by atomic mass is 9.95. The van der Waals surface area contributed by atoms with Crippen molar-refractivity contribution in [2.24, 2.45) is 5.92 Å². The summed E-state index contributed by atoms with van der Waals surface area (Å²) < 4.78 is 7.33. The smallest absolute Gasteiger partial charge is 0.226 e. The lowest BCUT2D eigenvalue weighted by Crippen LogP contribution is -2.22. The van der Waals surface area contributed by atoms with Crippen LogP contribution in [0.2, 0.25) is 5.02 Å². The molecule has 0 unspecified atom stereocenters. The van der Waals surface area contributed by atoms with Gasteiger partial charge in [-0.1, -0.05) is 35.1 Å². The number of rotatable bonds is 5. The van der Waals surface area contributed by atoms with E-state index in [0.29, 0.717) is 22.5 Å². The molecule has 1 aromatic carbocycles. The van der Waals surface area contributed by atoms with E-state index in [1.165, 1.54) is 11.3 Å². The van der Waals surface area contributed by atoms with Gasteiger partial charge in [-0.05, 0) is 55.9 Å². The van der Waals surface area contributed by atoms with Crippen molar-refractivity contribution < 1.29 is 9.53 Å². The molecule has 2 aliphatic rings. The van der Waals surface area contributed by atoms with Crippen LogP contribution in [-0.4, -0.2) is 38.9 Å². The largest absolute Gasteiger partial charge is 0.381 e. The second-order valence-corrected chi connectivity index (χ2v) is 10.3. The van der Waals surface area contributed by atoms with E-state index in [4.69, 9.17) is 26.4 Å². The van der Waals surface area contributed by atoms with Gasteiger partial charge in [-0.15, -0.1) is 0 Å². The van der Waals surface area contributed by atoms with Crippen molar-refractivity contribution in [3.63, 3.8) is 0 Å². The zero-order valence-corrected chi connectivity index (χ0v) is 20.6. The van der Waals surface area contributed by atoms with Gasteiger partial charge in [-0.25, -0.2) is 9.67 Å². The number of hydrogen-bond acceptors (Lipinski definition) is 6. The molecule has 4 heterocycles. The Labute approximate surface area is 212 Å². The molecule has 1 fully saturated rings. The molecule has 1 amide bonds. The number of aromatic nitrogens is 4. The van der Waals surface area contributed by atoms with Crippen molar-refractivity contribution in [1.82, 2.24) is 19.7 Å². The number of benzene rings is 1. The van der Waals surface area contributed by atoms with Gasteiger partial charge in [-0.3, -0.25) is 9.78 Å².